The van der Waals surface area contributed by atoms with Crippen molar-refractivity contribution in [2.75, 3.05) is 6.61 Å². The van der Waals surface area contributed by atoms with Gasteiger partial charge >= 0.3 is 0 Å². The average Bonchev–Trinajstić information content (AvgIpc) is 2.70. The van der Waals surface area contributed by atoms with Crippen molar-refractivity contribution in [1.82, 2.24) is 0 Å². The Morgan fingerprint density at radius 3 is 1.96 bits per heavy atom. The van der Waals surface area contributed by atoms with E-state index in [9.17, 15) is 9.90 Å². The minimum absolute atomic E-state index is 0.00633. The number of ether oxygens (including phenoxy) is 1. The summed E-state index contributed by atoms with van der Waals surface area (Å²) in [5.41, 5.74) is 2.77. The Kier molecular flexibility index (Phi) is 9.33. The van der Waals surface area contributed by atoms with Crippen LogP contribution in [-0.2, 0) is 4.79 Å². The summed E-state index contributed by atoms with van der Waals surface area (Å²) in [6.07, 6.45) is 10.2. The van der Waals surface area contributed by atoms with Gasteiger partial charge in [0.2, 0.25) is 0 Å². The maximum Gasteiger partial charge on any atom is 0.156 e. The monoisotopic (exact) mass is 380 g/mol. The van der Waals surface area contributed by atoms with E-state index < -0.39 is 0 Å². The zero-order chi connectivity index (χ0) is 20.2. The minimum atomic E-state index is -0.173. The Morgan fingerprint density at radius 2 is 1.39 bits per heavy atom. The number of hydrogen-bond donors (Lipinski definition) is 1. The number of aliphatic hydroxyl groups excluding tert-OH is 1. The second-order valence-corrected chi connectivity index (χ2v) is 7.21. The molecular weight excluding hydrogens is 348 g/mol. The molecule has 0 saturated carbocycles. The highest BCUT2D eigenvalue weighted by molar-refractivity contribution is 5.93. The zero-order valence-electron chi connectivity index (χ0n) is 17.1. The topological polar surface area (TPSA) is 46.5 Å². The van der Waals surface area contributed by atoms with Crippen LogP contribution in [0.5, 0.6) is 5.75 Å². The zero-order valence-corrected chi connectivity index (χ0v) is 17.1. The van der Waals surface area contributed by atoms with Crippen molar-refractivity contribution < 1.29 is 14.6 Å². The van der Waals surface area contributed by atoms with Crippen LogP contribution >= 0.6 is 0 Å². The van der Waals surface area contributed by atoms with Crippen LogP contribution in [0.2, 0.25) is 0 Å². The van der Waals surface area contributed by atoms with Crippen molar-refractivity contribution in [3.63, 3.8) is 0 Å². The third kappa shape index (κ3) is 7.59. The van der Waals surface area contributed by atoms with Crippen LogP contribution in [0.1, 0.15) is 64.4 Å². The highest BCUT2D eigenvalue weighted by Crippen LogP contribution is 2.24. The molecular formula is C25H32O3. The van der Waals surface area contributed by atoms with Crippen LogP contribution in [0.3, 0.4) is 0 Å². The van der Waals surface area contributed by atoms with Crippen LogP contribution in [0.15, 0.2) is 54.6 Å². The molecule has 150 valence electrons. The summed E-state index contributed by atoms with van der Waals surface area (Å²) in [6, 6.07) is 15.6. The molecule has 2 aromatic carbocycles. The maximum atomic E-state index is 11.1. The number of allylic oxidation sites excluding steroid dienone is 1. The average molecular weight is 381 g/mol. The Hall–Kier alpha value is -2.55. The predicted molar refractivity (Wildman–Crippen MR) is 117 cm³/mol. The van der Waals surface area contributed by atoms with Gasteiger partial charge in [-0.2, -0.15) is 0 Å². The summed E-state index contributed by atoms with van der Waals surface area (Å²) >= 11 is 0. The lowest BCUT2D eigenvalue weighted by atomic mass is 10.0. The summed E-state index contributed by atoms with van der Waals surface area (Å²) in [7, 11) is 0. The second kappa shape index (κ2) is 12.0. The first kappa shape index (κ1) is 21.7. The molecule has 0 heterocycles. The number of ketones is 1. The van der Waals surface area contributed by atoms with E-state index >= 15 is 0 Å². The fourth-order valence-corrected chi connectivity index (χ4v) is 3.10. The lowest BCUT2D eigenvalue weighted by Crippen LogP contribution is -1.97. The highest BCUT2D eigenvalue weighted by atomic mass is 16.5. The van der Waals surface area contributed by atoms with Gasteiger partial charge in [-0.3, -0.25) is 4.79 Å². The molecule has 0 unspecified atom stereocenters. The maximum absolute atomic E-state index is 11.1. The van der Waals surface area contributed by atoms with Gasteiger partial charge in [0.05, 0.1) is 6.61 Å². The van der Waals surface area contributed by atoms with Gasteiger partial charge in [0, 0.05) is 11.6 Å². The Morgan fingerprint density at radius 1 is 0.857 bits per heavy atom. The third-order valence-corrected chi connectivity index (χ3v) is 4.72. The quantitative estimate of drug-likeness (QED) is 0.246. The van der Waals surface area contributed by atoms with Gasteiger partial charge in [0.25, 0.3) is 0 Å². The molecule has 0 fully saturated rings. The minimum Gasteiger partial charge on any atom is -0.507 e. The second-order valence-electron chi connectivity index (χ2n) is 7.21. The molecule has 0 aromatic heterocycles. The molecule has 0 saturated heterocycles. The molecule has 0 aliphatic rings. The lowest BCUT2D eigenvalue weighted by Gasteiger charge is -2.08. The molecule has 0 aliphatic carbocycles. The van der Waals surface area contributed by atoms with Crippen LogP contribution in [0.25, 0.3) is 16.9 Å². The van der Waals surface area contributed by atoms with E-state index in [2.05, 4.69) is 6.92 Å². The van der Waals surface area contributed by atoms with E-state index in [1.165, 1.54) is 51.5 Å². The summed E-state index contributed by atoms with van der Waals surface area (Å²) < 4.78 is 5.84. The largest absolute Gasteiger partial charge is 0.507 e. The van der Waals surface area contributed by atoms with E-state index in [1.807, 2.05) is 48.5 Å². The van der Waals surface area contributed by atoms with Crippen LogP contribution in [-0.4, -0.2) is 17.5 Å². The van der Waals surface area contributed by atoms with Crippen molar-refractivity contribution in [3.05, 3.63) is 60.2 Å². The van der Waals surface area contributed by atoms with E-state index in [0.29, 0.717) is 5.56 Å². The Balaban J connectivity index is 1.80. The van der Waals surface area contributed by atoms with Gasteiger partial charge in [-0.1, -0.05) is 81.8 Å². The first-order chi connectivity index (χ1) is 13.6. The van der Waals surface area contributed by atoms with E-state index in [-0.39, 0.29) is 11.5 Å². The number of unbranched alkanes of at least 4 members (excludes halogenated alkanes) is 6. The molecule has 0 atom stereocenters. The molecule has 3 nitrogen and oxygen atoms in total. The molecule has 28 heavy (non-hydrogen) atoms. The van der Waals surface area contributed by atoms with Gasteiger partial charge in [-0.05, 0) is 36.6 Å². The first-order valence-electron chi connectivity index (χ1n) is 10.3. The Labute approximate surface area is 169 Å². The molecule has 0 bridgehead atoms. The SMILES string of the molecule is CCCCCCCCCOc1ccc(-c2ccc(/C(O)=C/C(C)=O)cc2)cc1. The summed E-state index contributed by atoms with van der Waals surface area (Å²) in [5.74, 6) is 0.718. The predicted octanol–water partition coefficient (Wildman–Crippen LogP) is 6.97. The van der Waals surface area contributed by atoms with Crippen molar-refractivity contribution in [2.24, 2.45) is 0 Å². The number of rotatable bonds is 12. The molecule has 0 aliphatic heterocycles. The number of benzene rings is 2. The van der Waals surface area contributed by atoms with E-state index in [1.54, 1.807) is 0 Å². The number of carbonyl (C=O) groups is 1. The fraction of sp³-hybridized carbons (Fsp3) is 0.400. The molecule has 2 rings (SSSR count). The van der Waals surface area contributed by atoms with Gasteiger partial charge < -0.3 is 9.84 Å². The molecule has 0 spiro atoms. The molecule has 0 amide bonds. The van der Waals surface area contributed by atoms with Gasteiger partial charge in [0.15, 0.2) is 5.78 Å². The summed E-state index contributed by atoms with van der Waals surface area (Å²) in [5, 5.41) is 9.89. The normalized spacial score (nSPS) is 11.4. The highest BCUT2D eigenvalue weighted by Gasteiger charge is 2.03. The molecule has 3 heteroatoms. The van der Waals surface area contributed by atoms with Gasteiger partial charge in [-0.25, -0.2) is 0 Å². The Bertz CT molecular complexity index is 742. The van der Waals surface area contributed by atoms with Crippen molar-refractivity contribution >= 4 is 11.5 Å². The number of carbonyl (C=O) groups excluding carboxylic acids is 1. The first-order valence-corrected chi connectivity index (χ1v) is 10.3. The molecule has 0 radical (unpaired) electrons. The number of hydrogen-bond acceptors (Lipinski definition) is 3. The van der Waals surface area contributed by atoms with Gasteiger partial charge in [0.1, 0.15) is 11.5 Å². The van der Waals surface area contributed by atoms with E-state index in [4.69, 9.17) is 4.74 Å². The van der Waals surface area contributed by atoms with Gasteiger partial charge in [-0.15, -0.1) is 0 Å². The van der Waals surface area contributed by atoms with E-state index in [0.717, 1.165) is 29.9 Å². The van der Waals surface area contributed by atoms with Crippen molar-refractivity contribution in [3.8, 4) is 16.9 Å². The number of aliphatic hydroxyl groups is 1. The van der Waals surface area contributed by atoms with Crippen LogP contribution < -0.4 is 4.74 Å². The smallest absolute Gasteiger partial charge is 0.156 e. The third-order valence-electron chi connectivity index (χ3n) is 4.72. The molecule has 1 N–H and O–H groups in total. The standard InChI is InChI=1S/C25H32O3/c1-3-4-5-6-7-8-9-18-28-24-16-14-22(15-17-24)21-10-12-23(13-11-21)25(27)19-20(2)26/h10-17,19,27H,3-9,18H2,1-2H3/b25-19-. The van der Waals surface area contributed by atoms with Crippen molar-refractivity contribution in [1.29, 1.82) is 0 Å². The summed E-state index contributed by atoms with van der Waals surface area (Å²) in [4.78, 5) is 11.1. The fourth-order valence-electron chi connectivity index (χ4n) is 3.10. The summed E-state index contributed by atoms with van der Waals surface area (Å²) in [6.45, 7) is 4.43. The van der Waals surface area contributed by atoms with Crippen LogP contribution in [0.4, 0.5) is 0 Å². The lowest BCUT2D eigenvalue weighted by molar-refractivity contribution is -0.112. The van der Waals surface area contributed by atoms with Crippen molar-refractivity contribution in [2.45, 2.75) is 58.8 Å². The molecule has 2 aromatic rings. The van der Waals surface area contributed by atoms with Crippen LogP contribution in [0, 0.1) is 0 Å².